The molecule has 0 heterocycles. The maximum atomic E-state index is 13.6. The molecule has 1 unspecified atom stereocenters. The summed E-state index contributed by atoms with van der Waals surface area (Å²) in [6.45, 7) is 0. The van der Waals surface area contributed by atoms with Gasteiger partial charge in [0, 0.05) is 6.04 Å². The van der Waals surface area contributed by atoms with Crippen LogP contribution >= 0.6 is 39.1 Å². The van der Waals surface area contributed by atoms with E-state index in [0.717, 1.165) is 11.1 Å². The molecule has 0 saturated heterocycles. The van der Waals surface area contributed by atoms with Crippen LogP contribution in [0.5, 0.6) is 0 Å². The van der Waals surface area contributed by atoms with Crippen LogP contribution < -0.4 is 5.32 Å². The summed E-state index contributed by atoms with van der Waals surface area (Å²) in [5.41, 5.74) is 1.78. The van der Waals surface area contributed by atoms with Gasteiger partial charge in [-0.25, -0.2) is 4.39 Å². The van der Waals surface area contributed by atoms with Crippen LogP contribution in [0.1, 0.15) is 17.2 Å². The summed E-state index contributed by atoms with van der Waals surface area (Å²) < 4.78 is 14.1. The Balaban J connectivity index is 2.34. The van der Waals surface area contributed by atoms with Gasteiger partial charge in [-0.2, -0.15) is 0 Å². The van der Waals surface area contributed by atoms with Crippen LogP contribution in [0.4, 0.5) is 4.39 Å². The predicted octanol–water partition coefficient (Wildman–Crippen LogP) is 5.40. The normalized spacial score (nSPS) is 12.4. The average Bonchev–Trinajstić information content (AvgIpc) is 2.44. The molecule has 0 fully saturated rings. The first-order chi connectivity index (χ1) is 9.54. The molecule has 0 amide bonds. The zero-order chi connectivity index (χ0) is 14.7. The first kappa shape index (κ1) is 15.8. The van der Waals surface area contributed by atoms with Crippen LogP contribution in [0, 0.1) is 5.82 Å². The summed E-state index contributed by atoms with van der Waals surface area (Å²) in [6.07, 6.45) is 0.623. The van der Waals surface area contributed by atoms with Gasteiger partial charge in [-0.15, -0.1) is 0 Å². The van der Waals surface area contributed by atoms with Gasteiger partial charge in [0.1, 0.15) is 5.82 Å². The van der Waals surface area contributed by atoms with Gasteiger partial charge < -0.3 is 5.32 Å². The maximum Gasteiger partial charge on any atom is 0.137 e. The Kier molecular flexibility index (Phi) is 5.44. The lowest BCUT2D eigenvalue weighted by molar-refractivity contribution is 0.571. The fourth-order valence-corrected chi connectivity index (χ4v) is 3.02. The first-order valence-electron chi connectivity index (χ1n) is 6.08. The van der Waals surface area contributed by atoms with Crippen LogP contribution in [-0.4, -0.2) is 7.05 Å². The lowest BCUT2D eigenvalue weighted by Gasteiger charge is -2.19. The average molecular weight is 377 g/mol. The first-order valence-corrected chi connectivity index (χ1v) is 7.63. The summed E-state index contributed by atoms with van der Waals surface area (Å²) >= 11 is 15.5. The Morgan fingerprint density at radius 3 is 2.60 bits per heavy atom. The molecule has 0 aliphatic heterocycles. The number of hydrogen-bond donors (Lipinski definition) is 1. The molecule has 1 N–H and O–H groups in total. The Morgan fingerprint density at radius 1 is 1.20 bits per heavy atom. The van der Waals surface area contributed by atoms with E-state index >= 15 is 0 Å². The highest BCUT2D eigenvalue weighted by atomic mass is 79.9. The number of hydrogen-bond acceptors (Lipinski definition) is 1. The molecule has 1 nitrogen and oxygen atoms in total. The van der Waals surface area contributed by atoms with Crippen molar-refractivity contribution in [1.29, 1.82) is 0 Å². The van der Waals surface area contributed by atoms with Crippen LogP contribution in [0.15, 0.2) is 40.9 Å². The molecule has 2 aromatic carbocycles. The van der Waals surface area contributed by atoms with Gasteiger partial charge in [0.15, 0.2) is 0 Å². The monoisotopic (exact) mass is 375 g/mol. The molecule has 0 aromatic heterocycles. The molecule has 0 radical (unpaired) electrons. The quantitative estimate of drug-likeness (QED) is 0.753. The minimum Gasteiger partial charge on any atom is -0.313 e. The molecule has 2 rings (SSSR count). The third-order valence-corrected chi connectivity index (χ3v) is 4.86. The Bertz CT molecular complexity index is 619. The van der Waals surface area contributed by atoms with E-state index in [1.165, 1.54) is 6.07 Å². The topological polar surface area (TPSA) is 12.0 Å². The molecule has 20 heavy (non-hydrogen) atoms. The van der Waals surface area contributed by atoms with E-state index in [1.54, 1.807) is 12.1 Å². The SMILES string of the molecule is CNC(Cc1cccc(Cl)c1Cl)c1cccc(F)c1Br. The Morgan fingerprint density at radius 2 is 1.90 bits per heavy atom. The van der Waals surface area contributed by atoms with Crippen molar-refractivity contribution in [3.05, 3.63) is 67.9 Å². The molecule has 2 aromatic rings. The second-order valence-corrected chi connectivity index (χ2v) is 5.98. The van der Waals surface area contributed by atoms with Crippen molar-refractivity contribution >= 4 is 39.1 Å². The lowest BCUT2D eigenvalue weighted by Crippen LogP contribution is -2.19. The van der Waals surface area contributed by atoms with Crippen LogP contribution in [-0.2, 0) is 6.42 Å². The summed E-state index contributed by atoms with van der Waals surface area (Å²) in [6, 6.07) is 10.5. The highest BCUT2D eigenvalue weighted by molar-refractivity contribution is 9.10. The van der Waals surface area contributed by atoms with E-state index < -0.39 is 0 Å². The van der Waals surface area contributed by atoms with Gasteiger partial charge in [0.2, 0.25) is 0 Å². The van der Waals surface area contributed by atoms with E-state index in [0.29, 0.717) is 20.9 Å². The maximum absolute atomic E-state index is 13.6. The molecule has 0 aliphatic rings. The third kappa shape index (κ3) is 3.34. The van der Waals surface area contributed by atoms with Crippen molar-refractivity contribution in [3.8, 4) is 0 Å². The van der Waals surface area contributed by atoms with Gasteiger partial charge in [0.05, 0.1) is 14.5 Å². The smallest absolute Gasteiger partial charge is 0.137 e. The van der Waals surface area contributed by atoms with Gasteiger partial charge in [0.25, 0.3) is 0 Å². The zero-order valence-electron chi connectivity index (χ0n) is 10.8. The minimum absolute atomic E-state index is 0.0592. The molecular weight excluding hydrogens is 364 g/mol. The molecule has 5 heteroatoms. The third-order valence-electron chi connectivity index (χ3n) is 3.16. The summed E-state index contributed by atoms with van der Waals surface area (Å²) in [5, 5.41) is 4.25. The van der Waals surface area contributed by atoms with Crippen LogP contribution in [0.25, 0.3) is 0 Å². The summed E-state index contributed by atoms with van der Waals surface area (Å²) in [7, 11) is 1.83. The Hall–Kier alpha value is -0.610. The number of benzene rings is 2. The van der Waals surface area contributed by atoms with Gasteiger partial charge in [-0.3, -0.25) is 0 Å². The zero-order valence-corrected chi connectivity index (χ0v) is 13.9. The second-order valence-electron chi connectivity index (χ2n) is 4.40. The number of halogens is 4. The molecule has 106 valence electrons. The van der Waals surface area contributed by atoms with Crippen molar-refractivity contribution in [2.75, 3.05) is 7.05 Å². The number of nitrogens with one attached hydrogen (secondary N) is 1. The van der Waals surface area contributed by atoms with Crippen molar-refractivity contribution in [2.24, 2.45) is 0 Å². The Labute approximate surface area is 136 Å². The van der Waals surface area contributed by atoms with Crippen molar-refractivity contribution in [2.45, 2.75) is 12.5 Å². The van der Waals surface area contributed by atoms with Crippen molar-refractivity contribution in [3.63, 3.8) is 0 Å². The molecular formula is C15H13BrCl2FN. The van der Waals surface area contributed by atoms with Gasteiger partial charge in [-0.05, 0) is 52.7 Å². The van der Waals surface area contributed by atoms with E-state index in [2.05, 4.69) is 21.2 Å². The highest BCUT2D eigenvalue weighted by Gasteiger charge is 2.17. The summed E-state index contributed by atoms with van der Waals surface area (Å²) in [4.78, 5) is 0. The standard InChI is InChI=1S/C15H13BrCl2FN/c1-20-13(10-5-3-7-12(19)14(10)16)8-9-4-2-6-11(17)15(9)18/h2-7,13,20H,8H2,1H3. The molecule has 0 bridgehead atoms. The molecule has 1 atom stereocenters. The van der Waals surface area contributed by atoms with E-state index in [4.69, 9.17) is 23.2 Å². The molecule has 0 spiro atoms. The van der Waals surface area contributed by atoms with Gasteiger partial charge >= 0.3 is 0 Å². The lowest BCUT2D eigenvalue weighted by atomic mass is 9.99. The molecule has 0 saturated carbocycles. The number of rotatable bonds is 4. The second kappa shape index (κ2) is 6.90. The van der Waals surface area contributed by atoms with Crippen molar-refractivity contribution in [1.82, 2.24) is 5.32 Å². The number of likely N-dealkylation sites (N-methyl/N-ethyl adjacent to an activating group) is 1. The van der Waals surface area contributed by atoms with Crippen LogP contribution in [0.3, 0.4) is 0 Å². The minimum atomic E-state index is -0.278. The largest absolute Gasteiger partial charge is 0.313 e. The fraction of sp³-hybridized carbons (Fsp3) is 0.200. The van der Waals surface area contributed by atoms with E-state index in [1.807, 2.05) is 25.2 Å². The van der Waals surface area contributed by atoms with E-state index in [-0.39, 0.29) is 11.9 Å². The molecule has 0 aliphatic carbocycles. The highest BCUT2D eigenvalue weighted by Crippen LogP contribution is 2.32. The van der Waals surface area contributed by atoms with Crippen molar-refractivity contribution < 1.29 is 4.39 Å². The van der Waals surface area contributed by atoms with Crippen LogP contribution in [0.2, 0.25) is 10.0 Å². The van der Waals surface area contributed by atoms with Gasteiger partial charge in [-0.1, -0.05) is 47.5 Å². The fourth-order valence-electron chi connectivity index (χ4n) is 2.08. The van der Waals surface area contributed by atoms with E-state index in [9.17, 15) is 4.39 Å². The predicted molar refractivity (Wildman–Crippen MR) is 86.1 cm³/mol. The summed E-state index contributed by atoms with van der Waals surface area (Å²) in [5.74, 6) is -0.278.